The quantitative estimate of drug-likeness (QED) is 0.451. The van der Waals surface area contributed by atoms with Crippen LogP contribution in [0.4, 0.5) is 0 Å². The standard InChI is InChI=1S/C18H13ClO/c1-14-6-8-15(9-7-14)4-2-3-5-18(20)16-10-12-17(19)13-11-16/h3,5-13H,1H3. The van der Waals surface area contributed by atoms with E-state index >= 15 is 0 Å². The summed E-state index contributed by atoms with van der Waals surface area (Å²) >= 11 is 5.77. The van der Waals surface area contributed by atoms with Gasteiger partial charge in [-0.3, -0.25) is 4.79 Å². The van der Waals surface area contributed by atoms with Crippen LogP contribution in [-0.4, -0.2) is 5.78 Å². The smallest absolute Gasteiger partial charge is 0.186 e. The van der Waals surface area contributed by atoms with Crippen LogP contribution < -0.4 is 0 Å². The third kappa shape index (κ3) is 4.12. The molecule has 1 nitrogen and oxygen atoms in total. The minimum absolute atomic E-state index is 0.0835. The summed E-state index contributed by atoms with van der Waals surface area (Å²) in [4.78, 5) is 11.8. The zero-order valence-electron chi connectivity index (χ0n) is 11.1. The first kappa shape index (κ1) is 14.1. The van der Waals surface area contributed by atoms with Crippen molar-refractivity contribution in [3.05, 3.63) is 82.4 Å². The second kappa shape index (κ2) is 6.75. The third-order valence-corrected chi connectivity index (χ3v) is 2.97. The number of hydrogen-bond acceptors (Lipinski definition) is 1. The number of hydrogen-bond donors (Lipinski definition) is 0. The van der Waals surface area contributed by atoms with Crippen molar-refractivity contribution in [2.24, 2.45) is 0 Å². The molecule has 0 bridgehead atoms. The van der Waals surface area contributed by atoms with E-state index < -0.39 is 0 Å². The summed E-state index contributed by atoms with van der Waals surface area (Å²) < 4.78 is 0. The Morgan fingerprint density at radius 2 is 1.70 bits per heavy atom. The summed E-state index contributed by atoms with van der Waals surface area (Å²) in [5, 5.41) is 0.615. The molecule has 0 aliphatic carbocycles. The third-order valence-electron chi connectivity index (χ3n) is 2.71. The fourth-order valence-electron chi connectivity index (χ4n) is 1.59. The Hall–Kier alpha value is -2.30. The summed E-state index contributed by atoms with van der Waals surface area (Å²) in [6.45, 7) is 2.03. The maximum absolute atomic E-state index is 11.8. The van der Waals surface area contributed by atoms with Crippen molar-refractivity contribution < 1.29 is 4.79 Å². The summed E-state index contributed by atoms with van der Waals surface area (Å²) in [7, 11) is 0. The minimum atomic E-state index is -0.0835. The number of allylic oxidation sites excluding steroid dienone is 2. The molecule has 0 amide bonds. The lowest BCUT2D eigenvalue weighted by molar-refractivity contribution is 0.104. The summed E-state index contributed by atoms with van der Waals surface area (Å²) in [6, 6.07) is 14.7. The fraction of sp³-hybridized carbons (Fsp3) is 0.0556. The molecule has 0 fully saturated rings. The van der Waals surface area contributed by atoms with Crippen LogP contribution in [0, 0.1) is 18.8 Å². The molecule has 0 saturated heterocycles. The van der Waals surface area contributed by atoms with E-state index in [1.165, 1.54) is 11.6 Å². The normalized spacial score (nSPS) is 10.1. The van der Waals surface area contributed by atoms with Crippen LogP contribution in [0.1, 0.15) is 21.5 Å². The maximum Gasteiger partial charge on any atom is 0.186 e. The van der Waals surface area contributed by atoms with E-state index in [-0.39, 0.29) is 5.78 Å². The average Bonchev–Trinajstić information content (AvgIpc) is 2.46. The molecule has 98 valence electrons. The van der Waals surface area contributed by atoms with E-state index in [0.29, 0.717) is 10.6 Å². The highest BCUT2D eigenvalue weighted by atomic mass is 35.5. The molecule has 2 aromatic rings. The Labute approximate surface area is 123 Å². The highest BCUT2D eigenvalue weighted by Gasteiger charge is 1.99. The van der Waals surface area contributed by atoms with Gasteiger partial charge in [0.25, 0.3) is 0 Å². The van der Waals surface area contributed by atoms with Crippen LogP contribution >= 0.6 is 11.6 Å². The van der Waals surface area contributed by atoms with Crippen LogP contribution in [0.5, 0.6) is 0 Å². The van der Waals surface area contributed by atoms with Crippen molar-refractivity contribution in [2.45, 2.75) is 6.92 Å². The van der Waals surface area contributed by atoms with E-state index in [1.807, 2.05) is 31.2 Å². The molecular formula is C18H13ClO. The molecule has 0 radical (unpaired) electrons. The van der Waals surface area contributed by atoms with Gasteiger partial charge in [0.2, 0.25) is 0 Å². The van der Waals surface area contributed by atoms with Gasteiger partial charge < -0.3 is 0 Å². The van der Waals surface area contributed by atoms with Gasteiger partial charge in [-0.1, -0.05) is 41.1 Å². The maximum atomic E-state index is 11.8. The minimum Gasteiger partial charge on any atom is -0.289 e. The van der Waals surface area contributed by atoms with Crippen molar-refractivity contribution in [2.75, 3.05) is 0 Å². The van der Waals surface area contributed by atoms with Crippen LogP contribution in [0.25, 0.3) is 0 Å². The number of aryl methyl sites for hydroxylation is 1. The Kier molecular flexibility index (Phi) is 4.76. The summed E-state index contributed by atoms with van der Waals surface area (Å²) in [5.74, 6) is 5.75. The van der Waals surface area contributed by atoms with Gasteiger partial charge in [0.05, 0.1) is 0 Å². The molecule has 2 rings (SSSR count). The van der Waals surface area contributed by atoms with Crippen molar-refractivity contribution in [1.82, 2.24) is 0 Å². The first-order valence-electron chi connectivity index (χ1n) is 6.20. The highest BCUT2D eigenvalue weighted by molar-refractivity contribution is 6.30. The van der Waals surface area contributed by atoms with E-state index in [1.54, 1.807) is 30.3 Å². The van der Waals surface area contributed by atoms with Gasteiger partial charge >= 0.3 is 0 Å². The molecule has 20 heavy (non-hydrogen) atoms. The number of benzene rings is 2. The average molecular weight is 281 g/mol. The first-order chi connectivity index (χ1) is 9.65. The molecule has 0 atom stereocenters. The number of carbonyl (C=O) groups excluding carboxylic acids is 1. The Morgan fingerprint density at radius 1 is 1.05 bits per heavy atom. The number of ketones is 1. The van der Waals surface area contributed by atoms with Crippen LogP contribution in [-0.2, 0) is 0 Å². The van der Waals surface area contributed by atoms with Crippen molar-refractivity contribution in [3.8, 4) is 11.8 Å². The largest absolute Gasteiger partial charge is 0.289 e. The lowest BCUT2D eigenvalue weighted by Gasteiger charge is -1.94. The topological polar surface area (TPSA) is 17.1 Å². The van der Waals surface area contributed by atoms with Gasteiger partial charge in [-0.2, -0.15) is 0 Å². The molecule has 0 spiro atoms. The predicted octanol–water partition coefficient (Wildman–Crippen LogP) is 4.44. The molecule has 0 N–H and O–H groups in total. The zero-order chi connectivity index (χ0) is 14.4. The summed E-state index contributed by atoms with van der Waals surface area (Å²) in [6.07, 6.45) is 3.03. The van der Waals surface area contributed by atoms with Gasteiger partial charge in [-0.15, -0.1) is 0 Å². The SMILES string of the molecule is Cc1ccc(C#CC=CC(=O)c2ccc(Cl)cc2)cc1. The molecule has 0 aliphatic rings. The second-order valence-electron chi connectivity index (χ2n) is 4.34. The van der Waals surface area contributed by atoms with Gasteiger partial charge in [0.15, 0.2) is 5.78 Å². The van der Waals surface area contributed by atoms with Gasteiger partial charge in [0, 0.05) is 16.1 Å². The zero-order valence-corrected chi connectivity index (χ0v) is 11.8. The molecule has 0 heterocycles. The van der Waals surface area contributed by atoms with E-state index in [2.05, 4.69) is 11.8 Å². The Morgan fingerprint density at radius 3 is 2.35 bits per heavy atom. The molecule has 2 aromatic carbocycles. The van der Waals surface area contributed by atoms with Gasteiger partial charge in [-0.05, 0) is 55.5 Å². The Bertz CT molecular complexity index is 683. The lowest BCUT2D eigenvalue weighted by Crippen LogP contribution is -1.92. The Balaban J connectivity index is 2.02. The van der Waals surface area contributed by atoms with Crippen molar-refractivity contribution >= 4 is 17.4 Å². The molecule has 0 aliphatic heterocycles. The predicted molar refractivity (Wildman–Crippen MR) is 83.0 cm³/mol. The van der Waals surface area contributed by atoms with E-state index in [0.717, 1.165) is 5.56 Å². The van der Waals surface area contributed by atoms with E-state index in [9.17, 15) is 4.79 Å². The number of halogens is 1. The van der Waals surface area contributed by atoms with Crippen LogP contribution in [0.2, 0.25) is 5.02 Å². The monoisotopic (exact) mass is 280 g/mol. The van der Waals surface area contributed by atoms with Gasteiger partial charge in [0.1, 0.15) is 0 Å². The molecule has 0 unspecified atom stereocenters. The van der Waals surface area contributed by atoms with Crippen LogP contribution in [0.15, 0.2) is 60.7 Å². The number of rotatable bonds is 2. The number of carbonyl (C=O) groups is 1. The van der Waals surface area contributed by atoms with Crippen LogP contribution in [0.3, 0.4) is 0 Å². The highest BCUT2D eigenvalue weighted by Crippen LogP contribution is 2.10. The van der Waals surface area contributed by atoms with Crippen molar-refractivity contribution in [1.29, 1.82) is 0 Å². The fourth-order valence-corrected chi connectivity index (χ4v) is 1.72. The van der Waals surface area contributed by atoms with Gasteiger partial charge in [-0.25, -0.2) is 0 Å². The second-order valence-corrected chi connectivity index (χ2v) is 4.78. The molecule has 2 heteroatoms. The van der Waals surface area contributed by atoms with E-state index in [4.69, 9.17) is 11.6 Å². The molecule has 0 aromatic heterocycles. The molecule has 0 saturated carbocycles. The lowest BCUT2D eigenvalue weighted by atomic mass is 10.1. The molecular weight excluding hydrogens is 268 g/mol. The first-order valence-corrected chi connectivity index (χ1v) is 6.57. The summed E-state index contributed by atoms with van der Waals surface area (Å²) in [5.41, 5.74) is 2.73. The van der Waals surface area contributed by atoms with Crippen molar-refractivity contribution in [3.63, 3.8) is 0 Å².